The molecule has 1 aliphatic rings. The zero-order valence-electron chi connectivity index (χ0n) is 10.8. The molecule has 0 bridgehead atoms. The molecule has 0 atom stereocenters. The SMILES string of the molecule is COc1cccc(/C(N)=N/NC(=S)N2CCCC2)n1. The number of hydrogen-bond donors (Lipinski definition) is 2. The summed E-state index contributed by atoms with van der Waals surface area (Å²) < 4.78 is 5.04. The fourth-order valence-electron chi connectivity index (χ4n) is 1.83. The highest BCUT2D eigenvalue weighted by atomic mass is 32.1. The number of hydrazone groups is 1. The number of aromatic nitrogens is 1. The molecule has 7 heteroatoms. The van der Waals surface area contributed by atoms with Crippen molar-refractivity contribution < 1.29 is 4.74 Å². The van der Waals surface area contributed by atoms with Crippen molar-refractivity contribution in [2.75, 3.05) is 20.2 Å². The minimum Gasteiger partial charge on any atom is -0.481 e. The second-order valence-corrected chi connectivity index (χ2v) is 4.56. The molecule has 1 aromatic rings. The summed E-state index contributed by atoms with van der Waals surface area (Å²) in [4.78, 5) is 6.27. The number of likely N-dealkylation sites (tertiary alicyclic amines) is 1. The van der Waals surface area contributed by atoms with Gasteiger partial charge in [-0.2, -0.15) is 5.10 Å². The molecule has 0 spiro atoms. The second-order valence-electron chi connectivity index (χ2n) is 4.17. The third-order valence-corrected chi connectivity index (χ3v) is 3.21. The number of nitrogens with zero attached hydrogens (tertiary/aromatic N) is 3. The van der Waals surface area contributed by atoms with Crippen LogP contribution in [0.25, 0.3) is 0 Å². The Balaban J connectivity index is 1.99. The largest absolute Gasteiger partial charge is 0.481 e. The molecule has 0 unspecified atom stereocenters. The summed E-state index contributed by atoms with van der Waals surface area (Å²) in [6.45, 7) is 1.94. The van der Waals surface area contributed by atoms with E-state index >= 15 is 0 Å². The van der Waals surface area contributed by atoms with Crippen LogP contribution in [-0.2, 0) is 0 Å². The Morgan fingerprint density at radius 2 is 2.21 bits per heavy atom. The highest BCUT2D eigenvalue weighted by Crippen LogP contribution is 2.08. The summed E-state index contributed by atoms with van der Waals surface area (Å²) in [5, 5.41) is 4.66. The standard InChI is InChI=1S/C12H17N5OS/c1-18-10-6-4-5-9(14-10)11(13)15-16-12(19)17-7-2-3-8-17/h4-6H,2-3,7-8H2,1H3,(H2,13,15)(H,16,19). The minimum absolute atomic E-state index is 0.278. The summed E-state index contributed by atoms with van der Waals surface area (Å²) in [7, 11) is 1.56. The average molecular weight is 279 g/mol. The zero-order chi connectivity index (χ0) is 13.7. The summed E-state index contributed by atoms with van der Waals surface area (Å²) in [5.41, 5.74) is 9.21. The highest BCUT2D eigenvalue weighted by molar-refractivity contribution is 7.80. The normalized spacial score (nSPS) is 15.4. The molecule has 0 radical (unpaired) electrons. The van der Waals surface area contributed by atoms with Crippen molar-refractivity contribution in [1.29, 1.82) is 0 Å². The van der Waals surface area contributed by atoms with Gasteiger partial charge in [-0.3, -0.25) is 5.43 Å². The van der Waals surface area contributed by atoms with E-state index in [2.05, 4.69) is 20.4 Å². The first-order valence-corrected chi connectivity index (χ1v) is 6.51. The summed E-state index contributed by atoms with van der Waals surface area (Å²) in [6, 6.07) is 5.32. The van der Waals surface area contributed by atoms with Gasteiger partial charge in [-0.05, 0) is 31.1 Å². The van der Waals surface area contributed by atoms with Crippen LogP contribution in [0.2, 0.25) is 0 Å². The van der Waals surface area contributed by atoms with Gasteiger partial charge >= 0.3 is 0 Å². The van der Waals surface area contributed by atoms with Gasteiger partial charge in [0.1, 0.15) is 5.69 Å². The van der Waals surface area contributed by atoms with Gasteiger partial charge in [-0.1, -0.05) is 6.07 Å². The van der Waals surface area contributed by atoms with Gasteiger partial charge in [0.25, 0.3) is 0 Å². The van der Waals surface area contributed by atoms with Gasteiger partial charge in [0, 0.05) is 19.2 Å². The van der Waals surface area contributed by atoms with Crippen LogP contribution in [0.15, 0.2) is 23.3 Å². The minimum atomic E-state index is 0.278. The number of nitrogens with two attached hydrogens (primary N) is 1. The van der Waals surface area contributed by atoms with Crippen molar-refractivity contribution >= 4 is 23.2 Å². The van der Waals surface area contributed by atoms with Gasteiger partial charge in [-0.25, -0.2) is 4.98 Å². The van der Waals surface area contributed by atoms with E-state index in [0.717, 1.165) is 13.1 Å². The summed E-state index contributed by atoms with van der Waals surface area (Å²) >= 11 is 5.24. The average Bonchev–Trinajstić information content (AvgIpc) is 2.98. The Morgan fingerprint density at radius 1 is 1.47 bits per heavy atom. The van der Waals surface area contributed by atoms with E-state index < -0.39 is 0 Å². The number of rotatable bonds is 3. The van der Waals surface area contributed by atoms with E-state index in [1.807, 2.05) is 6.07 Å². The fraction of sp³-hybridized carbons (Fsp3) is 0.417. The molecule has 102 valence electrons. The number of methoxy groups -OCH3 is 1. The van der Waals surface area contributed by atoms with Crippen molar-refractivity contribution in [2.24, 2.45) is 10.8 Å². The van der Waals surface area contributed by atoms with Crippen LogP contribution in [0.5, 0.6) is 5.88 Å². The maximum Gasteiger partial charge on any atom is 0.213 e. The third kappa shape index (κ3) is 3.54. The molecule has 3 N–H and O–H groups in total. The van der Waals surface area contributed by atoms with Crippen molar-refractivity contribution in [1.82, 2.24) is 15.3 Å². The van der Waals surface area contributed by atoms with E-state index in [1.165, 1.54) is 12.8 Å². The van der Waals surface area contributed by atoms with Crippen molar-refractivity contribution in [3.63, 3.8) is 0 Å². The van der Waals surface area contributed by atoms with Crippen molar-refractivity contribution in [2.45, 2.75) is 12.8 Å². The van der Waals surface area contributed by atoms with Crippen LogP contribution < -0.4 is 15.9 Å². The van der Waals surface area contributed by atoms with Crippen molar-refractivity contribution in [3.8, 4) is 5.88 Å². The number of ether oxygens (including phenoxy) is 1. The first-order valence-electron chi connectivity index (χ1n) is 6.10. The first kappa shape index (κ1) is 13.5. The van der Waals surface area contributed by atoms with E-state index in [0.29, 0.717) is 16.7 Å². The van der Waals surface area contributed by atoms with Gasteiger partial charge in [0.2, 0.25) is 5.88 Å². The van der Waals surface area contributed by atoms with Gasteiger partial charge in [0.05, 0.1) is 7.11 Å². The zero-order valence-corrected chi connectivity index (χ0v) is 11.6. The number of amidine groups is 1. The molecule has 6 nitrogen and oxygen atoms in total. The molecular weight excluding hydrogens is 262 g/mol. The van der Waals surface area contributed by atoms with Crippen LogP contribution in [-0.4, -0.2) is 41.0 Å². The van der Waals surface area contributed by atoms with Crippen LogP contribution in [0.4, 0.5) is 0 Å². The van der Waals surface area contributed by atoms with E-state index in [1.54, 1.807) is 19.2 Å². The molecule has 0 saturated carbocycles. The maximum atomic E-state index is 5.86. The van der Waals surface area contributed by atoms with Crippen LogP contribution >= 0.6 is 12.2 Å². The lowest BCUT2D eigenvalue weighted by atomic mass is 10.3. The molecule has 19 heavy (non-hydrogen) atoms. The van der Waals surface area contributed by atoms with Crippen LogP contribution in [0.3, 0.4) is 0 Å². The number of pyridine rings is 1. The predicted molar refractivity (Wildman–Crippen MR) is 78.1 cm³/mol. The van der Waals surface area contributed by atoms with Crippen LogP contribution in [0, 0.1) is 0 Å². The Labute approximate surface area is 117 Å². The summed E-state index contributed by atoms with van der Waals surface area (Å²) in [5.74, 6) is 0.776. The number of thiocarbonyl (C=S) groups is 1. The smallest absolute Gasteiger partial charge is 0.213 e. The molecule has 1 saturated heterocycles. The van der Waals surface area contributed by atoms with E-state index in [9.17, 15) is 0 Å². The molecule has 0 amide bonds. The quantitative estimate of drug-likeness (QED) is 0.367. The molecule has 1 fully saturated rings. The molecule has 0 aromatic carbocycles. The lowest BCUT2D eigenvalue weighted by Crippen LogP contribution is -2.36. The third-order valence-electron chi connectivity index (χ3n) is 2.86. The topological polar surface area (TPSA) is 75.8 Å². The second kappa shape index (κ2) is 6.33. The predicted octanol–water partition coefficient (Wildman–Crippen LogP) is 0.681. The Morgan fingerprint density at radius 3 is 2.89 bits per heavy atom. The molecule has 1 aromatic heterocycles. The Hall–Kier alpha value is -1.89. The number of nitrogens with one attached hydrogen (secondary N) is 1. The molecule has 2 rings (SSSR count). The van der Waals surface area contributed by atoms with Crippen LogP contribution in [0.1, 0.15) is 18.5 Å². The van der Waals surface area contributed by atoms with Gasteiger partial charge in [-0.15, -0.1) is 0 Å². The van der Waals surface area contributed by atoms with E-state index in [4.69, 9.17) is 22.7 Å². The van der Waals surface area contributed by atoms with Crippen molar-refractivity contribution in [3.05, 3.63) is 23.9 Å². The number of hydrogen-bond acceptors (Lipinski definition) is 4. The molecule has 1 aliphatic heterocycles. The summed E-state index contributed by atoms with van der Waals surface area (Å²) in [6.07, 6.45) is 2.33. The lowest BCUT2D eigenvalue weighted by molar-refractivity contribution is 0.397. The van der Waals surface area contributed by atoms with E-state index in [-0.39, 0.29) is 5.84 Å². The molecular formula is C12H17N5OS. The van der Waals surface area contributed by atoms with Gasteiger partial charge < -0.3 is 15.4 Å². The fourth-order valence-corrected chi connectivity index (χ4v) is 2.06. The molecule has 0 aliphatic carbocycles. The lowest BCUT2D eigenvalue weighted by Gasteiger charge is -2.17. The monoisotopic (exact) mass is 279 g/mol. The Kier molecular flexibility index (Phi) is 4.51. The van der Waals surface area contributed by atoms with Gasteiger partial charge in [0.15, 0.2) is 10.9 Å². The maximum absolute atomic E-state index is 5.86. The Bertz CT molecular complexity index is 485. The first-order chi connectivity index (χ1) is 9.20. The molecule has 2 heterocycles. The highest BCUT2D eigenvalue weighted by Gasteiger charge is 2.14.